The number of nitrogens with one attached hydrogen (secondary N) is 2. The van der Waals surface area contributed by atoms with Gasteiger partial charge >= 0.3 is 0 Å². The Labute approximate surface area is 199 Å². The largest absolute Gasteiger partial charge is 0.349 e. The van der Waals surface area contributed by atoms with Gasteiger partial charge in [0.2, 0.25) is 21.8 Å². The zero-order valence-electron chi connectivity index (χ0n) is 19.0. The van der Waals surface area contributed by atoms with Crippen molar-refractivity contribution in [3.8, 4) is 0 Å². The number of thiophene rings is 1. The van der Waals surface area contributed by atoms with Gasteiger partial charge < -0.3 is 16.0 Å². The summed E-state index contributed by atoms with van der Waals surface area (Å²) in [7, 11) is -3.87. The summed E-state index contributed by atoms with van der Waals surface area (Å²) >= 11 is 1.54. The number of carbonyl (C=O) groups excluding carboxylic acids is 2. The van der Waals surface area contributed by atoms with Crippen LogP contribution in [0, 0.1) is 5.92 Å². The van der Waals surface area contributed by atoms with Gasteiger partial charge in [0.25, 0.3) is 0 Å². The number of hydrogen-bond donors (Lipinski definition) is 3. The molecule has 0 aliphatic carbocycles. The highest BCUT2D eigenvalue weighted by molar-refractivity contribution is 7.89. The standard InChI is InChI=1S/C23H32N4O4S2/c1-16(2)13-20(26-33(30,31)19-7-4-3-5-8-19)23(29)27-12-6-9-21(27)22(28)25-15-18-11-10-17(14-24)32-18/h3-5,7-8,10-11,16,20-21,26H,6,9,12-15,24H2,1-2H3,(H,25,28)/t20-,21+/m1/s1. The van der Waals surface area contributed by atoms with E-state index >= 15 is 0 Å². The third-order valence-corrected chi connectivity index (χ3v) is 8.15. The number of rotatable bonds is 10. The highest BCUT2D eigenvalue weighted by atomic mass is 32.2. The lowest BCUT2D eigenvalue weighted by Gasteiger charge is -2.29. The summed E-state index contributed by atoms with van der Waals surface area (Å²) in [4.78, 5) is 30.0. The van der Waals surface area contributed by atoms with Crippen LogP contribution in [0.2, 0.25) is 0 Å². The minimum atomic E-state index is -3.87. The van der Waals surface area contributed by atoms with Crippen LogP contribution in [0.5, 0.6) is 0 Å². The smallest absolute Gasteiger partial charge is 0.243 e. The molecular formula is C23H32N4O4S2. The van der Waals surface area contributed by atoms with E-state index in [2.05, 4.69) is 10.0 Å². The summed E-state index contributed by atoms with van der Waals surface area (Å²) in [5.41, 5.74) is 5.64. The van der Waals surface area contributed by atoms with Crippen molar-refractivity contribution in [2.45, 2.75) is 63.2 Å². The first-order chi connectivity index (χ1) is 15.7. The maximum atomic E-state index is 13.4. The monoisotopic (exact) mass is 492 g/mol. The first kappa shape index (κ1) is 25.4. The quantitative estimate of drug-likeness (QED) is 0.469. The van der Waals surface area contributed by atoms with E-state index in [1.807, 2.05) is 26.0 Å². The van der Waals surface area contributed by atoms with Gasteiger partial charge in [0, 0.05) is 22.8 Å². The fourth-order valence-corrected chi connectivity index (χ4v) is 6.01. The Morgan fingerprint density at radius 1 is 1.15 bits per heavy atom. The van der Waals surface area contributed by atoms with Gasteiger partial charge in [0.1, 0.15) is 12.1 Å². The minimum absolute atomic E-state index is 0.0860. The summed E-state index contributed by atoms with van der Waals surface area (Å²) in [6.07, 6.45) is 1.59. The molecule has 0 saturated carbocycles. The second-order valence-corrected chi connectivity index (χ2v) is 11.6. The lowest BCUT2D eigenvalue weighted by atomic mass is 10.0. The van der Waals surface area contributed by atoms with Gasteiger partial charge in [-0.05, 0) is 49.4 Å². The molecule has 0 unspecified atom stereocenters. The fraction of sp³-hybridized carbons (Fsp3) is 0.478. The molecule has 2 heterocycles. The zero-order chi connectivity index (χ0) is 24.0. The van der Waals surface area contributed by atoms with Crippen molar-refractivity contribution in [1.29, 1.82) is 0 Å². The van der Waals surface area contributed by atoms with Gasteiger partial charge in [-0.2, -0.15) is 4.72 Å². The van der Waals surface area contributed by atoms with Crippen LogP contribution in [-0.4, -0.2) is 43.8 Å². The Bertz CT molecular complexity index is 1050. The summed E-state index contributed by atoms with van der Waals surface area (Å²) in [5.74, 6) is -0.497. The fourth-order valence-electron chi connectivity index (χ4n) is 3.95. The van der Waals surface area contributed by atoms with Gasteiger partial charge in [0.05, 0.1) is 11.4 Å². The lowest BCUT2D eigenvalue weighted by molar-refractivity contribution is -0.140. The molecule has 1 aliphatic heterocycles. The molecule has 1 saturated heterocycles. The molecule has 1 fully saturated rings. The molecule has 2 atom stereocenters. The van der Waals surface area contributed by atoms with Crippen molar-refractivity contribution in [1.82, 2.24) is 14.9 Å². The average Bonchev–Trinajstić information content (AvgIpc) is 3.46. The predicted octanol–water partition coefficient (Wildman–Crippen LogP) is 2.21. The van der Waals surface area contributed by atoms with E-state index in [1.54, 1.807) is 29.5 Å². The van der Waals surface area contributed by atoms with E-state index in [-0.39, 0.29) is 22.6 Å². The number of likely N-dealkylation sites (tertiary alicyclic amines) is 1. The van der Waals surface area contributed by atoms with Crippen LogP contribution in [0.15, 0.2) is 47.4 Å². The normalized spacial score (nSPS) is 17.3. The van der Waals surface area contributed by atoms with Crippen molar-refractivity contribution in [3.05, 3.63) is 52.2 Å². The van der Waals surface area contributed by atoms with E-state index in [1.165, 1.54) is 17.0 Å². The molecule has 2 aromatic rings. The number of benzene rings is 1. The van der Waals surface area contributed by atoms with Gasteiger partial charge in [0.15, 0.2) is 0 Å². The number of hydrogen-bond acceptors (Lipinski definition) is 6. The molecule has 1 aromatic heterocycles. The molecular weight excluding hydrogens is 460 g/mol. The maximum absolute atomic E-state index is 13.4. The number of amides is 2. The Hall–Kier alpha value is -2.27. The van der Waals surface area contributed by atoms with Crippen LogP contribution in [0.4, 0.5) is 0 Å². The number of nitrogens with zero attached hydrogens (tertiary/aromatic N) is 1. The van der Waals surface area contributed by atoms with Crippen LogP contribution in [0.3, 0.4) is 0 Å². The maximum Gasteiger partial charge on any atom is 0.243 e. The predicted molar refractivity (Wildman–Crippen MR) is 129 cm³/mol. The Morgan fingerprint density at radius 3 is 2.48 bits per heavy atom. The van der Waals surface area contributed by atoms with Gasteiger partial charge in [-0.25, -0.2) is 8.42 Å². The summed E-state index contributed by atoms with van der Waals surface area (Å²) in [5, 5.41) is 2.92. The molecule has 10 heteroatoms. The van der Waals surface area contributed by atoms with E-state index in [0.29, 0.717) is 38.9 Å². The molecule has 0 spiro atoms. The molecule has 0 bridgehead atoms. The van der Waals surface area contributed by atoms with Crippen LogP contribution < -0.4 is 15.8 Å². The lowest BCUT2D eigenvalue weighted by Crippen LogP contribution is -2.53. The van der Waals surface area contributed by atoms with Gasteiger partial charge in [-0.1, -0.05) is 32.0 Å². The third-order valence-electron chi connectivity index (χ3n) is 5.55. The summed E-state index contributed by atoms with van der Waals surface area (Å²) in [6.45, 7) is 5.12. The third kappa shape index (κ3) is 6.63. The minimum Gasteiger partial charge on any atom is -0.349 e. The molecule has 4 N–H and O–H groups in total. The molecule has 180 valence electrons. The summed E-state index contributed by atoms with van der Waals surface area (Å²) < 4.78 is 28.3. The second kappa shape index (κ2) is 11.2. The van der Waals surface area contributed by atoms with E-state index in [4.69, 9.17) is 5.73 Å². The number of sulfonamides is 1. The van der Waals surface area contributed by atoms with Gasteiger partial charge in [-0.3, -0.25) is 9.59 Å². The number of carbonyl (C=O) groups is 2. The van der Waals surface area contributed by atoms with Crippen molar-refractivity contribution < 1.29 is 18.0 Å². The SMILES string of the molecule is CC(C)C[C@@H](NS(=O)(=O)c1ccccc1)C(=O)N1CCC[C@H]1C(=O)NCc1ccc(CN)s1. The van der Waals surface area contributed by atoms with Crippen LogP contribution in [0.1, 0.15) is 42.9 Å². The molecule has 3 rings (SSSR count). The molecule has 8 nitrogen and oxygen atoms in total. The van der Waals surface area contributed by atoms with Crippen molar-refractivity contribution in [2.75, 3.05) is 6.54 Å². The van der Waals surface area contributed by atoms with Gasteiger partial charge in [-0.15, -0.1) is 11.3 Å². The molecule has 1 aromatic carbocycles. The molecule has 2 amide bonds. The topological polar surface area (TPSA) is 122 Å². The number of nitrogens with two attached hydrogens (primary N) is 1. The van der Waals surface area contributed by atoms with Crippen molar-refractivity contribution >= 4 is 33.2 Å². The average molecular weight is 493 g/mol. The van der Waals surface area contributed by atoms with E-state index in [9.17, 15) is 18.0 Å². The summed E-state index contributed by atoms with van der Waals surface area (Å²) in [6, 6.07) is 10.3. The van der Waals surface area contributed by atoms with Crippen molar-refractivity contribution in [3.63, 3.8) is 0 Å². The highest BCUT2D eigenvalue weighted by Gasteiger charge is 2.38. The van der Waals surface area contributed by atoms with Crippen LogP contribution >= 0.6 is 11.3 Å². The second-order valence-electron chi connectivity index (χ2n) is 8.60. The Balaban J connectivity index is 1.70. The first-order valence-electron chi connectivity index (χ1n) is 11.1. The molecule has 0 radical (unpaired) electrons. The Morgan fingerprint density at radius 2 is 1.85 bits per heavy atom. The van der Waals surface area contributed by atoms with E-state index < -0.39 is 22.1 Å². The molecule has 1 aliphatic rings. The first-order valence-corrected chi connectivity index (χ1v) is 13.4. The van der Waals surface area contributed by atoms with E-state index in [0.717, 1.165) is 9.75 Å². The zero-order valence-corrected chi connectivity index (χ0v) is 20.6. The van der Waals surface area contributed by atoms with Crippen LogP contribution in [-0.2, 0) is 32.7 Å². The van der Waals surface area contributed by atoms with Crippen LogP contribution in [0.25, 0.3) is 0 Å². The highest BCUT2D eigenvalue weighted by Crippen LogP contribution is 2.22. The molecule has 33 heavy (non-hydrogen) atoms. The van der Waals surface area contributed by atoms with Crippen molar-refractivity contribution in [2.24, 2.45) is 11.7 Å². The Kier molecular flexibility index (Phi) is 8.63.